The van der Waals surface area contributed by atoms with Gasteiger partial charge in [-0.3, -0.25) is 0 Å². The molecule has 1 heterocycles. The van der Waals surface area contributed by atoms with Crippen molar-refractivity contribution in [2.75, 3.05) is 5.73 Å². The molecular weight excluding hydrogens is 260 g/mol. The van der Waals surface area contributed by atoms with E-state index in [0.29, 0.717) is 5.89 Å². The first-order chi connectivity index (χ1) is 10.3. The van der Waals surface area contributed by atoms with Crippen LogP contribution < -0.4 is 5.73 Å². The van der Waals surface area contributed by atoms with E-state index in [1.165, 1.54) is 24.8 Å². The van der Waals surface area contributed by atoms with Crippen LogP contribution in [0.3, 0.4) is 0 Å². The van der Waals surface area contributed by atoms with Crippen molar-refractivity contribution in [1.82, 2.24) is 4.98 Å². The highest BCUT2D eigenvalue weighted by molar-refractivity contribution is 5.76. The number of rotatable bonds is 5. The molecule has 0 aliphatic carbocycles. The Morgan fingerprint density at radius 3 is 2.71 bits per heavy atom. The molecule has 0 bridgehead atoms. The molecule has 0 fully saturated rings. The maximum Gasteiger partial charge on any atom is 0.227 e. The smallest absolute Gasteiger partial charge is 0.227 e. The van der Waals surface area contributed by atoms with Crippen LogP contribution in [0, 0.1) is 0 Å². The minimum absolute atomic E-state index is 0.628. The molecule has 0 atom stereocenters. The first-order valence-electron chi connectivity index (χ1n) is 7.52. The van der Waals surface area contributed by atoms with Gasteiger partial charge in [0.2, 0.25) is 5.89 Å². The summed E-state index contributed by atoms with van der Waals surface area (Å²) in [6.07, 6.45) is 4.68. The summed E-state index contributed by atoms with van der Waals surface area (Å²) < 4.78 is 5.78. The van der Waals surface area contributed by atoms with Crippen LogP contribution in [0.2, 0.25) is 0 Å². The Morgan fingerprint density at radius 2 is 1.95 bits per heavy atom. The molecule has 0 radical (unpaired) electrons. The minimum Gasteiger partial charge on any atom is -0.436 e. The average molecular weight is 280 g/mol. The number of para-hydroxylation sites is 2. The van der Waals surface area contributed by atoms with Crippen molar-refractivity contribution in [3.8, 4) is 11.5 Å². The van der Waals surface area contributed by atoms with Gasteiger partial charge < -0.3 is 10.2 Å². The van der Waals surface area contributed by atoms with Gasteiger partial charge in [0.15, 0.2) is 5.58 Å². The van der Waals surface area contributed by atoms with Crippen molar-refractivity contribution < 1.29 is 4.42 Å². The Bertz CT molecular complexity index is 713. The maximum absolute atomic E-state index is 6.17. The molecule has 0 amide bonds. The number of hydrogen-bond donors (Lipinski definition) is 1. The Labute approximate surface area is 124 Å². The number of unbranched alkanes of at least 4 members (excludes halogenated alkanes) is 2. The number of nitrogens with zero attached hydrogens (tertiary/aromatic N) is 1. The molecule has 0 spiro atoms. The lowest BCUT2D eigenvalue weighted by Crippen LogP contribution is -1.95. The predicted octanol–water partition coefficient (Wildman–Crippen LogP) is 4.81. The second-order valence-corrected chi connectivity index (χ2v) is 5.36. The zero-order chi connectivity index (χ0) is 14.7. The number of nitrogen functional groups attached to an aromatic ring is 1. The highest BCUT2D eigenvalue weighted by Gasteiger charge is 2.09. The molecule has 2 aromatic carbocycles. The molecule has 0 aliphatic rings. The monoisotopic (exact) mass is 280 g/mol. The first kappa shape index (κ1) is 13.7. The summed E-state index contributed by atoms with van der Waals surface area (Å²) in [5.41, 5.74) is 10.8. The molecule has 3 aromatic rings. The fourth-order valence-corrected chi connectivity index (χ4v) is 2.52. The molecule has 1 aromatic heterocycles. The first-order valence-corrected chi connectivity index (χ1v) is 7.52. The average Bonchev–Trinajstić information content (AvgIpc) is 2.93. The number of aromatic nitrogens is 1. The van der Waals surface area contributed by atoms with Crippen molar-refractivity contribution >= 4 is 16.8 Å². The van der Waals surface area contributed by atoms with Gasteiger partial charge in [-0.05, 0) is 42.7 Å². The number of benzene rings is 2. The third-order valence-electron chi connectivity index (χ3n) is 3.74. The Balaban J connectivity index is 1.87. The maximum atomic E-state index is 6.17. The van der Waals surface area contributed by atoms with Gasteiger partial charge in [0.25, 0.3) is 0 Å². The van der Waals surface area contributed by atoms with E-state index in [1.807, 2.05) is 36.4 Å². The van der Waals surface area contributed by atoms with E-state index in [9.17, 15) is 0 Å². The Kier molecular flexibility index (Phi) is 3.91. The summed E-state index contributed by atoms with van der Waals surface area (Å²) >= 11 is 0. The molecular formula is C18H20N2O. The van der Waals surface area contributed by atoms with Crippen LogP contribution in [0.4, 0.5) is 5.69 Å². The molecule has 3 nitrogen and oxygen atoms in total. The topological polar surface area (TPSA) is 52.0 Å². The summed E-state index contributed by atoms with van der Waals surface area (Å²) in [5.74, 6) is 0.628. The normalized spacial score (nSPS) is 11.1. The molecule has 2 N–H and O–H groups in total. The van der Waals surface area contributed by atoms with Crippen molar-refractivity contribution in [2.45, 2.75) is 32.6 Å². The summed E-state index contributed by atoms with van der Waals surface area (Å²) in [4.78, 5) is 4.51. The molecule has 0 unspecified atom stereocenters. The fraction of sp³-hybridized carbons (Fsp3) is 0.278. The molecule has 0 saturated carbocycles. The highest BCUT2D eigenvalue weighted by Crippen LogP contribution is 2.27. The summed E-state index contributed by atoms with van der Waals surface area (Å²) in [6.45, 7) is 2.21. The van der Waals surface area contributed by atoms with Crippen LogP contribution in [-0.4, -0.2) is 4.98 Å². The predicted molar refractivity (Wildman–Crippen MR) is 87.1 cm³/mol. The third-order valence-corrected chi connectivity index (χ3v) is 3.74. The van der Waals surface area contributed by atoms with Gasteiger partial charge in [0.05, 0.1) is 0 Å². The zero-order valence-corrected chi connectivity index (χ0v) is 12.3. The number of hydrogen-bond acceptors (Lipinski definition) is 3. The van der Waals surface area contributed by atoms with Crippen molar-refractivity contribution in [3.63, 3.8) is 0 Å². The molecule has 3 rings (SSSR count). The zero-order valence-electron chi connectivity index (χ0n) is 12.3. The van der Waals surface area contributed by atoms with E-state index in [4.69, 9.17) is 10.2 Å². The second-order valence-electron chi connectivity index (χ2n) is 5.36. The molecule has 0 saturated heterocycles. The van der Waals surface area contributed by atoms with Crippen molar-refractivity contribution in [3.05, 3.63) is 48.0 Å². The van der Waals surface area contributed by atoms with Crippen LogP contribution in [0.15, 0.2) is 46.9 Å². The Hall–Kier alpha value is -2.29. The SMILES string of the molecule is CCCCCc1ccc(-c2nc3ccccc3o2)cc1N. The fourth-order valence-electron chi connectivity index (χ4n) is 2.52. The van der Waals surface area contributed by atoms with Gasteiger partial charge in [0.1, 0.15) is 5.52 Å². The van der Waals surface area contributed by atoms with Crippen molar-refractivity contribution in [2.24, 2.45) is 0 Å². The van der Waals surface area contributed by atoms with Crippen LogP contribution in [0.5, 0.6) is 0 Å². The highest BCUT2D eigenvalue weighted by atomic mass is 16.3. The third kappa shape index (κ3) is 2.92. The van der Waals surface area contributed by atoms with Gasteiger partial charge in [-0.2, -0.15) is 0 Å². The summed E-state index contributed by atoms with van der Waals surface area (Å²) in [5, 5.41) is 0. The second kappa shape index (κ2) is 6.00. The van der Waals surface area contributed by atoms with E-state index in [2.05, 4.69) is 18.0 Å². The number of oxazole rings is 1. The van der Waals surface area contributed by atoms with E-state index < -0.39 is 0 Å². The van der Waals surface area contributed by atoms with Gasteiger partial charge in [-0.25, -0.2) is 4.98 Å². The van der Waals surface area contributed by atoms with Gasteiger partial charge in [-0.15, -0.1) is 0 Å². The Morgan fingerprint density at radius 1 is 1.10 bits per heavy atom. The summed E-state index contributed by atoms with van der Waals surface area (Å²) in [6, 6.07) is 13.9. The number of anilines is 1. The number of fused-ring (bicyclic) bond motifs is 1. The quantitative estimate of drug-likeness (QED) is 0.539. The molecule has 21 heavy (non-hydrogen) atoms. The molecule has 0 aliphatic heterocycles. The van der Waals surface area contributed by atoms with Crippen LogP contribution in [-0.2, 0) is 6.42 Å². The van der Waals surface area contributed by atoms with Crippen LogP contribution >= 0.6 is 0 Å². The lowest BCUT2D eigenvalue weighted by atomic mass is 10.0. The lowest BCUT2D eigenvalue weighted by molar-refractivity contribution is 0.620. The minimum atomic E-state index is 0.628. The number of aryl methyl sites for hydroxylation is 1. The van der Waals surface area contributed by atoms with Gasteiger partial charge >= 0.3 is 0 Å². The molecule has 108 valence electrons. The lowest BCUT2D eigenvalue weighted by Gasteiger charge is -2.06. The standard InChI is InChI=1S/C18H20N2O/c1-2-3-4-7-13-10-11-14(12-15(13)19)18-20-16-8-5-6-9-17(16)21-18/h5-6,8-12H,2-4,7,19H2,1H3. The summed E-state index contributed by atoms with van der Waals surface area (Å²) in [7, 11) is 0. The molecule has 3 heteroatoms. The van der Waals surface area contributed by atoms with E-state index >= 15 is 0 Å². The van der Waals surface area contributed by atoms with E-state index in [-0.39, 0.29) is 0 Å². The number of nitrogens with two attached hydrogens (primary N) is 1. The van der Waals surface area contributed by atoms with Crippen molar-refractivity contribution in [1.29, 1.82) is 0 Å². The van der Waals surface area contributed by atoms with Crippen LogP contribution in [0.25, 0.3) is 22.6 Å². The van der Waals surface area contributed by atoms with Gasteiger partial charge in [0, 0.05) is 11.3 Å². The van der Waals surface area contributed by atoms with Gasteiger partial charge in [-0.1, -0.05) is 38.0 Å². The van der Waals surface area contributed by atoms with Crippen LogP contribution in [0.1, 0.15) is 31.7 Å². The van der Waals surface area contributed by atoms with E-state index in [0.717, 1.165) is 28.8 Å². The largest absolute Gasteiger partial charge is 0.436 e. The van der Waals surface area contributed by atoms with E-state index in [1.54, 1.807) is 0 Å².